The predicted molar refractivity (Wildman–Crippen MR) is 94.5 cm³/mol. The van der Waals surface area contributed by atoms with Gasteiger partial charge in [0.05, 0.1) is 0 Å². The van der Waals surface area contributed by atoms with E-state index >= 15 is 0 Å². The van der Waals surface area contributed by atoms with E-state index in [9.17, 15) is 0 Å². The zero-order chi connectivity index (χ0) is 14.9. The largest absolute Gasteiger partial charge is 0.399 e. The zero-order valence-electron chi connectivity index (χ0n) is 12.0. The summed E-state index contributed by atoms with van der Waals surface area (Å²) in [6.07, 6.45) is 3.36. The molecule has 0 spiro atoms. The highest BCUT2D eigenvalue weighted by Gasteiger charge is 1.97. The average molecular weight is 299 g/mol. The lowest BCUT2D eigenvalue weighted by Gasteiger charge is -2.10. The highest BCUT2D eigenvalue weighted by Crippen LogP contribution is 2.10. The Labute approximate surface area is 131 Å². The molecule has 0 aliphatic heterocycles. The van der Waals surface area contributed by atoms with Crippen LogP contribution in [-0.4, -0.2) is 11.7 Å². The van der Waals surface area contributed by atoms with Crippen molar-refractivity contribution in [1.29, 1.82) is 0 Å². The predicted octanol–water partition coefficient (Wildman–Crippen LogP) is 3.58. The Morgan fingerprint density at radius 1 is 0.952 bits per heavy atom. The molecule has 0 unspecified atom stereocenters. The summed E-state index contributed by atoms with van der Waals surface area (Å²) >= 11 is 5.26. The van der Waals surface area contributed by atoms with Crippen molar-refractivity contribution >= 4 is 28.7 Å². The molecule has 4 N–H and O–H groups in total. The SMILES string of the molecule is Nc1ccc(NC(=S)NCCCCc2ccccc2)cc1. The second-order valence-electron chi connectivity index (χ2n) is 4.95. The average Bonchev–Trinajstić information content (AvgIpc) is 2.50. The second-order valence-corrected chi connectivity index (χ2v) is 5.35. The van der Waals surface area contributed by atoms with Gasteiger partial charge >= 0.3 is 0 Å². The molecule has 2 rings (SSSR count). The number of aryl methyl sites for hydroxylation is 1. The van der Waals surface area contributed by atoms with E-state index in [1.165, 1.54) is 5.56 Å². The molecule has 0 fully saturated rings. The Morgan fingerprint density at radius 2 is 1.67 bits per heavy atom. The van der Waals surface area contributed by atoms with Gasteiger partial charge in [0.25, 0.3) is 0 Å². The van der Waals surface area contributed by atoms with Gasteiger partial charge in [-0.3, -0.25) is 0 Å². The second kappa shape index (κ2) is 8.27. The maximum atomic E-state index is 5.64. The number of hydrogen-bond donors (Lipinski definition) is 3. The van der Waals surface area contributed by atoms with Crippen molar-refractivity contribution in [3.63, 3.8) is 0 Å². The maximum absolute atomic E-state index is 5.64. The number of benzene rings is 2. The summed E-state index contributed by atoms with van der Waals surface area (Å²) in [5, 5.41) is 7.02. The molecule has 0 aliphatic carbocycles. The third kappa shape index (κ3) is 5.83. The molecule has 0 amide bonds. The van der Waals surface area contributed by atoms with Gasteiger partial charge in [-0.25, -0.2) is 0 Å². The van der Waals surface area contributed by atoms with E-state index in [-0.39, 0.29) is 0 Å². The molecule has 0 aromatic heterocycles. The Kier molecular flexibility index (Phi) is 6.03. The van der Waals surface area contributed by atoms with Crippen molar-refractivity contribution in [3.05, 3.63) is 60.2 Å². The molecule has 3 nitrogen and oxygen atoms in total. The Hall–Kier alpha value is -2.07. The molecule has 0 saturated carbocycles. The molecule has 0 bridgehead atoms. The van der Waals surface area contributed by atoms with Gasteiger partial charge in [0.1, 0.15) is 0 Å². The quantitative estimate of drug-likeness (QED) is 0.433. The van der Waals surface area contributed by atoms with Gasteiger partial charge in [-0.05, 0) is 61.3 Å². The van der Waals surface area contributed by atoms with Crippen LogP contribution in [0.3, 0.4) is 0 Å². The standard InChI is InChI=1S/C17H21N3S/c18-15-9-11-16(12-10-15)20-17(21)19-13-5-4-8-14-6-2-1-3-7-14/h1-3,6-7,9-12H,4-5,8,13,18H2,(H2,19,20,21). The molecule has 0 aliphatic rings. The van der Waals surface area contributed by atoms with Gasteiger partial charge in [0.15, 0.2) is 5.11 Å². The first-order chi connectivity index (χ1) is 10.2. The van der Waals surface area contributed by atoms with Crippen LogP contribution in [0, 0.1) is 0 Å². The van der Waals surface area contributed by atoms with Crippen LogP contribution in [0.15, 0.2) is 54.6 Å². The molecule has 2 aromatic carbocycles. The van der Waals surface area contributed by atoms with Crippen molar-refractivity contribution in [2.24, 2.45) is 0 Å². The number of nitrogens with two attached hydrogens (primary N) is 1. The highest BCUT2D eigenvalue weighted by atomic mass is 32.1. The summed E-state index contributed by atoms with van der Waals surface area (Å²) < 4.78 is 0. The molecule has 0 radical (unpaired) electrons. The third-order valence-electron chi connectivity index (χ3n) is 3.19. The molecule has 4 heteroatoms. The van der Waals surface area contributed by atoms with Crippen molar-refractivity contribution in [3.8, 4) is 0 Å². The fraction of sp³-hybridized carbons (Fsp3) is 0.235. The minimum atomic E-state index is 0.652. The molecule has 110 valence electrons. The van der Waals surface area contributed by atoms with Crippen molar-refractivity contribution < 1.29 is 0 Å². The van der Waals surface area contributed by atoms with Crippen LogP contribution in [0.4, 0.5) is 11.4 Å². The molecule has 0 atom stereocenters. The summed E-state index contributed by atoms with van der Waals surface area (Å²) in [5.74, 6) is 0. The summed E-state index contributed by atoms with van der Waals surface area (Å²) in [4.78, 5) is 0. The van der Waals surface area contributed by atoms with Crippen LogP contribution < -0.4 is 16.4 Å². The van der Waals surface area contributed by atoms with Gasteiger partial charge in [-0.1, -0.05) is 30.3 Å². The molecule has 21 heavy (non-hydrogen) atoms. The third-order valence-corrected chi connectivity index (χ3v) is 3.44. The zero-order valence-corrected chi connectivity index (χ0v) is 12.8. The summed E-state index contributed by atoms with van der Waals surface area (Å²) in [7, 11) is 0. The minimum absolute atomic E-state index is 0.652. The van der Waals surface area contributed by atoms with Gasteiger partial charge in [-0.15, -0.1) is 0 Å². The Morgan fingerprint density at radius 3 is 2.38 bits per heavy atom. The lowest BCUT2D eigenvalue weighted by molar-refractivity contribution is 0.711. The highest BCUT2D eigenvalue weighted by molar-refractivity contribution is 7.80. The van der Waals surface area contributed by atoms with Crippen molar-refractivity contribution in [2.45, 2.75) is 19.3 Å². The van der Waals surface area contributed by atoms with Crippen LogP contribution >= 0.6 is 12.2 Å². The van der Waals surface area contributed by atoms with Crippen LogP contribution in [0.2, 0.25) is 0 Å². The molecule has 0 heterocycles. The number of hydrogen-bond acceptors (Lipinski definition) is 2. The van der Waals surface area contributed by atoms with E-state index in [1.807, 2.05) is 30.3 Å². The summed E-state index contributed by atoms with van der Waals surface area (Å²) in [6, 6.07) is 18.1. The summed E-state index contributed by atoms with van der Waals surface area (Å²) in [6.45, 7) is 0.883. The van der Waals surface area contributed by atoms with E-state index < -0.39 is 0 Å². The van der Waals surface area contributed by atoms with Crippen LogP contribution in [0.5, 0.6) is 0 Å². The smallest absolute Gasteiger partial charge is 0.170 e. The van der Waals surface area contributed by atoms with Gasteiger partial charge in [0.2, 0.25) is 0 Å². The number of nitrogen functional groups attached to an aromatic ring is 1. The van der Waals surface area contributed by atoms with Crippen LogP contribution in [0.1, 0.15) is 18.4 Å². The number of rotatable bonds is 6. The maximum Gasteiger partial charge on any atom is 0.170 e. The number of nitrogens with one attached hydrogen (secondary N) is 2. The van der Waals surface area contributed by atoms with Crippen LogP contribution in [0.25, 0.3) is 0 Å². The Balaban J connectivity index is 1.60. The molecule has 0 saturated heterocycles. The Bertz CT molecular complexity index is 552. The van der Waals surface area contributed by atoms with Crippen LogP contribution in [-0.2, 0) is 6.42 Å². The van der Waals surface area contributed by atoms with E-state index in [4.69, 9.17) is 18.0 Å². The molecular formula is C17H21N3S. The normalized spacial score (nSPS) is 10.1. The van der Waals surface area contributed by atoms with Gasteiger partial charge in [0, 0.05) is 17.9 Å². The first kappa shape index (κ1) is 15.3. The van der Waals surface area contributed by atoms with Gasteiger partial charge < -0.3 is 16.4 Å². The van der Waals surface area contributed by atoms with Crippen molar-refractivity contribution in [1.82, 2.24) is 5.32 Å². The van der Waals surface area contributed by atoms with E-state index in [2.05, 4.69) is 34.9 Å². The van der Waals surface area contributed by atoms with E-state index in [0.717, 1.165) is 37.2 Å². The monoisotopic (exact) mass is 299 g/mol. The fourth-order valence-electron chi connectivity index (χ4n) is 2.04. The van der Waals surface area contributed by atoms with E-state index in [1.54, 1.807) is 0 Å². The van der Waals surface area contributed by atoms with Gasteiger partial charge in [-0.2, -0.15) is 0 Å². The minimum Gasteiger partial charge on any atom is -0.399 e. The lowest BCUT2D eigenvalue weighted by Crippen LogP contribution is -2.29. The number of unbranched alkanes of at least 4 members (excludes halogenated alkanes) is 1. The first-order valence-electron chi connectivity index (χ1n) is 7.18. The topological polar surface area (TPSA) is 50.1 Å². The first-order valence-corrected chi connectivity index (χ1v) is 7.59. The molecule has 2 aromatic rings. The summed E-state index contributed by atoms with van der Waals surface area (Å²) in [5.41, 5.74) is 8.73. The van der Waals surface area contributed by atoms with Crippen molar-refractivity contribution in [2.75, 3.05) is 17.6 Å². The number of anilines is 2. The number of thiocarbonyl (C=S) groups is 1. The molecular weight excluding hydrogens is 278 g/mol. The fourth-order valence-corrected chi connectivity index (χ4v) is 2.26. The lowest BCUT2D eigenvalue weighted by atomic mass is 10.1. The van der Waals surface area contributed by atoms with E-state index in [0.29, 0.717) is 5.11 Å².